The van der Waals surface area contributed by atoms with Crippen molar-refractivity contribution in [3.8, 4) is 0 Å². The maximum Gasteiger partial charge on any atom is 0.0634 e. The average molecular weight is 242 g/mol. The summed E-state index contributed by atoms with van der Waals surface area (Å²) in [7, 11) is 0. The quantitative estimate of drug-likeness (QED) is 0.718. The predicted molar refractivity (Wildman–Crippen MR) is 68.7 cm³/mol. The molecular formula is C12H20ClN3. The molecule has 90 valence electrons. The van der Waals surface area contributed by atoms with Crippen molar-refractivity contribution in [2.24, 2.45) is 5.92 Å². The maximum atomic E-state index is 5.99. The molecule has 0 saturated carbocycles. The zero-order valence-electron chi connectivity index (χ0n) is 9.96. The molecule has 3 nitrogen and oxygen atoms in total. The Morgan fingerprint density at radius 1 is 1.31 bits per heavy atom. The number of pyridine rings is 1. The van der Waals surface area contributed by atoms with E-state index in [2.05, 4.69) is 29.5 Å². The van der Waals surface area contributed by atoms with Gasteiger partial charge in [-0.3, -0.25) is 4.98 Å². The third-order valence-electron chi connectivity index (χ3n) is 2.20. The number of rotatable bonds is 7. The molecule has 16 heavy (non-hydrogen) atoms. The second-order valence-corrected chi connectivity index (χ2v) is 4.65. The molecule has 0 saturated heterocycles. The highest BCUT2D eigenvalue weighted by Gasteiger charge is 1.98. The van der Waals surface area contributed by atoms with E-state index in [1.807, 2.05) is 6.07 Å². The van der Waals surface area contributed by atoms with Gasteiger partial charge in [-0.1, -0.05) is 25.4 Å². The zero-order chi connectivity index (χ0) is 11.8. The van der Waals surface area contributed by atoms with Gasteiger partial charge in [0.1, 0.15) is 0 Å². The monoisotopic (exact) mass is 241 g/mol. The number of nitrogens with zero attached hydrogens (tertiary/aromatic N) is 1. The van der Waals surface area contributed by atoms with Crippen LogP contribution in [0.4, 0.5) is 0 Å². The molecule has 0 fully saturated rings. The van der Waals surface area contributed by atoms with Crippen LogP contribution in [-0.4, -0.2) is 24.6 Å². The first-order chi connectivity index (χ1) is 7.70. The standard InChI is InChI=1S/C12H20ClN3/c1-10(2)7-15-5-6-16-8-11-3-4-14-9-12(11)13/h3-4,9-10,15-16H,5-8H2,1-2H3. The SMILES string of the molecule is CC(C)CNCCNCc1ccncc1Cl. The molecule has 0 radical (unpaired) electrons. The molecule has 0 spiro atoms. The minimum atomic E-state index is 0.703. The van der Waals surface area contributed by atoms with E-state index in [1.54, 1.807) is 12.4 Å². The molecule has 1 rings (SSSR count). The fraction of sp³-hybridized carbons (Fsp3) is 0.583. The summed E-state index contributed by atoms with van der Waals surface area (Å²) in [6, 6.07) is 1.94. The van der Waals surface area contributed by atoms with E-state index < -0.39 is 0 Å². The minimum Gasteiger partial charge on any atom is -0.315 e. The highest BCUT2D eigenvalue weighted by molar-refractivity contribution is 6.31. The molecule has 0 aliphatic carbocycles. The van der Waals surface area contributed by atoms with E-state index in [0.29, 0.717) is 5.92 Å². The third kappa shape index (κ3) is 5.45. The fourth-order valence-electron chi connectivity index (χ4n) is 1.34. The van der Waals surface area contributed by atoms with E-state index >= 15 is 0 Å². The van der Waals surface area contributed by atoms with Crippen molar-refractivity contribution >= 4 is 11.6 Å². The second-order valence-electron chi connectivity index (χ2n) is 4.24. The Hall–Kier alpha value is -0.640. The van der Waals surface area contributed by atoms with E-state index in [0.717, 1.165) is 36.8 Å². The van der Waals surface area contributed by atoms with Gasteiger partial charge in [0.2, 0.25) is 0 Å². The molecule has 0 aliphatic heterocycles. The van der Waals surface area contributed by atoms with Gasteiger partial charge in [0.05, 0.1) is 5.02 Å². The molecule has 1 aromatic heterocycles. The van der Waals surface area contributed by atoms with Crippen LogP contribution in [-0.2, 0) is 6.54 Å². The summed E-state index contributed by atoms with van der Waals surface area (Å²) in [5.41, 5.74) is 1.10. The van der Waals surface area contributed by atoms with Gasteiger partial charge in [-0.05, 0) is 24.1 Å². The summed E-state index contributed by atoms with van der Waals surface area (Å²) in [6.07, 6.45) is 3.44. The van der Waals surface area contributed by atoms with Crippen molar-refractivity contribution in [2.75, 3.05) is 19.6 Å². The molecule has 0 atom stereocenters. The molecule has 0 aromatic carbocycles. The molecule has 0 unspecified atom stereocenters. The van der Waals surface area contributed by atoms with Gasteiger partial charge in [0.25, 0.3) is 0 Å². The highest BCUT2D eigenvalue weighted by Crippen LogP contribution is 2.12. The van der Waals surface area contributed by atoms with Gasteiger partial charge in [-0.25, -0.2) is 0 Å². The molecule has 0 bridgehead atoms. The van der Waals surface area contributed by atoms with Gasteiger partial charge in [-0.15, -0.1) is 0 Å². The lowest BCUT2D eigenvalue weighted by Crippen LogP contribution is -2.29. The van der Waals surface area contributed by atoms with Crippen molar-refractivity contribution in [3.05, 3.63) is 29.0 Å². The zero-order valence-corrected chi connectivity index (χ0v) is 10.7. The topological polar surface area (TPSA) is 37.0 Å². The lowest BCUT2D eigenvalue weighted by Gasteiger charge is -2.09. The number of hydrogen-bond donors (Lipinski definition) is 2. The molecule has 4 heteroatoms. The smallest absolute Gasteiger partial charge is 0.0634 e. The Labute approximate surface area is 103 Å². The third-order valence-corrected chi connectivity index (χ3v) is 2.54. The Balaban J connectivity index is 2.10. The van der Waals surface area contributed by atoms with Gasteiger partial charge in [0.15, 0.2) is 0 Å². The van der Waals surface area contributed by atoms with E-state index in [4.69, 9.17) is 11.6 Å². The Morgan fingerprint density at radius 2 is 2.06 bits per heavy atom. The molecule has 0 amide bonds. The molecular weight excluding hydrogens is 222 g/mol. The van der Waals surface area contributed by atoms with Crippen molar-refractivity contribution in [1.29, 1.82) is 0 Å². The largest absolute Gasteiger partial charge is 0.315 e. The van der Waals surface area contributed by atoms with Crippen LogP contribution in [0.1, 0.15) is 19.4 Å². The van der Waals surface area contributed by atoms with Crippen molar-refractivity contribution in [2.45, 2.75) is 20.4 Å². The molecule has 1 heterocycles. The summed E-state index contributed by atoms with van der Waals surface area (Å²) in [6.45, 7) is 8.21. The van der Waals surface area contributed by atoms with Crippen LogP contribution in [0.2, 0.25) is 5.02 Å². The summed E-state index contributed by atoms with van der Waals surface area (Å²) < 4.78 is 0. The van der Waals surface area contributed by atoms with Crippen LogP contribution >= 0.6 is 11.6 Å². The summed E-state index contributed by atoms with van der Waals surface area (Å²) >= 11 is 5.99. The minimum absolute atomic E-state index is 0.703. The normalized spacial score (nSPS) is 11.0. The second kappa shape index (κ2) is 7.60. The lowest BCUT2D eigenvalue weighted by atomic mass is 10.2. The van der Waals surface area contributed by atoms with Crippen molar-refractivity contribution < 1.29 is 0 Å². The van der Waals surface area contributed by atoms with Crippen molar-refractivity contribution in [3.63, 3.8) is 0 Å². The molecule has 2 N–H and O–H groups in total. The summed E-state index contributed by atoms with van der Waals surface area (Å²) in [5, 5.41) is 7.45. The Kier molecular flexibility index (Phi) is 6.38. The van der Waals surface area contributed by atoms with Crippen LogP contribution in [0, 0.1) is 5.92 Å². The number of nitrogens with one attached hydrogen (secondary N) is 2. The summed E-state index contributed by atoms with van der Waals surface area (Å²) in [5.74, 6) is 0.703. The van der Waals surface area contributed by atoms with E-state index in [9.17, 15) is 0 Å². The van der Waals surface area contributed by atoms with Crippen LogP contribution in [0.5, 0.6) is 0 Å². The van der Waals surface area contributed by atoms with Crippen LogP contribution in [0.3, 0.4) is 0 Å². The summed E-state index contributed by atoms with van der Waals surface area (Å²) in [4.78, 5) is 3.95. The number of halogens is 1. The first-order valence-electron chi connectivity index (χ1n) is 5.70. The van der Waals surface area contributed by atoms with Gasteiger partial charge >= 0.3 is 0 Å². The Bertz CT molecular complexity index is 302. The van der Waals surface area contributed by atoms with E-state index in [1.165, 1.54) is 0 Å². The fourth-order valence-corrected chi connectivity index (χ4v) is 1.52. The van der Waals surface area contributed by atoms with Crippen molar-refractivity contribution in [1.82, 2.24) is 15.6 Å². The lowest BCUT2D eigenvalue weighted by molar-refractivity contribution is 0.535. The highest BCUT2D eigenvalue weighted by atomic mass is 35.5. The molecule has 0 aliphatic rings. The Morgan fingerprint density at radius 3 is 2.75 bits per heavy atom. The first kappa shape index (κ1) is 13.4. The van der Waals surface area contributed by atoms with Crippen LogP contribution < -0.4 is 10.6 Å². The predicted octanol–water partition coefficient (Wildman–Crippen LogP) is 2.07. The molecule has 1 aromatic rings. The van der Waals surface area contributed by atoms with Crippen LogP contribution in [0.15, 0.2) is 18.5 Å². The van der Waals surface area contributed by atoms with Gasteiger partial charge in [-0.2, -0.15) is 0 Å². The van der Waals surface area contributed by atoms with Gasteiger partial charge in [0, 0.05) is 32.0 Å². The van der Waals surface area contributed by atoms with Crippen LogP contribution in [0.25, 0.3) is 0 Å². The number of aromatic nitrogens is 1. The maximum absolute atomic E-state index is 5.99. The first-order valence-corrected chi connectivity index (χ1v) is 6.07. The average Bonchev–Trinajstić information content (AvgIpc) is 2.25. The number of hydrogen-bond acceptors (Lipinski definition) is 3. The van der Waals surface area contributed by atoms with Gasteiger partial charge < -0.3 is 10.6 Å². The van der Waals surface area contributed by atoms with E-state index in [-0.39, 0.29) is 0 Å².